The van der Waals surface area contributed by atoms with E-state index in [-0.39, 0.29) is 10.5 Å². The summed E-state index contributed by atoms with van der Waals surface area (Å²) < 4.78 is 27.2. The summed E-state index contributed by atoms with van der Waals surface area (Å²) in [5.74, 6) is 0. The van der Waals surface area contributed by atoms with Gasteiger partial charge in [0, 0.05) is 29.4 Å². The number of hydrogen-bond donors (Lipinski definition) is 0. The maximum atomic E-state index is 13.1. The van der Waals surface area contributed by atoms with Crippen LogP contribution in [0.3, 0.4) is 0 Å². The van der Waals surface area contributed by atoms with Gasteiger partial charge in [0.2, 0.25) is 0 Å². The summed E-state index contributed by atoms with van der Waals surface area (Å²) in [5, 5.41) is 11.8. The highest BCUT2D eigenvalue weighted by molar-refractivity contribution is 9.10. The van der Waals surface area contributed by atoms with E-state index in [9.17, 15) is 13.7 Å². The van der Waals surface area contributed by atoms with Crippen molar-refractivity contribution in [3.63, 3.8) is 0 Å². The molecule has 1 aliphatic heterocycles. The molecule has 0 spiro atoms. The van der Waals surface area contributed by atoms with Crippen LogP contribution in [-0.4, -0.2) is 31.7 Å². The van der Waals surface area contributed by atoms with Gasteiger partial charge in [0.05, 0.1) is 21.4 Å². The minimum absolute atomic E-state index is 0.150. The number of anilines is 1. The van der Waals surface area contributed by atoms with Crippen LogP contribution in [0.1, 0.15) is 29.7 Å². The molecule has 0 amide bonds. The first-order chi connectivity index (χ1) is 14.5. The lowest BCUT2D eigenvalue weighted by molar-refractivity contribution is 0.529. The molecule has 30 heavy (non-hydrogen) atoms. The molecule has 1 fully saturated rings. The third-order valence-electron chi connectivity index (χ3n) is 5.28. The Hall–Kier alpha value is -2.21. The lowest BCUT2D eigenvalue weighted by atomic mass is 10.1. The molecule has 0 bridgehead atoms. The predicted octanol–water partition coefficient (Wildman–Crippen LogP) is 4.81. The van der Waals surface area contributed by atoms with Gasteiger partial charge in [-0.05, 0) is 42.7 Å². The number of rotatable bonds is 5. The van der Waals surface area contributed by atoms with E-state index in [1.54, 1.807) is 29.5 Å². The minimum Gasteiger partial charge on any atom is -0.348 e. The number of aromatic nitrogens is 1. The zero-order valence-corrected chi connectivity index (χ0v) is 19.4. The van der Waals surface area contributed by atoms with E-state index in [2.05, 4.69) is 38.3 Å². The van der Waals surface area contributed by atoms with E-state index in [0.717, 1.165) is 21.7 Å². The average molecular weight is 502 g/mol. The summed E-state index contributed by atoms with van der Waals surface area (Å²) >= 11 is 5.10. The molecule has 0 atom stereocenters. The molecule has 8 heteroatoms. The zero-order valence-electron chi connectivity index (χ0n) is 16.2. The van der Waals surface area contributed by atoms with Crippen molar-refractivity contribution in [2.24, 2.45) is 0 Å². The highest BCUT2D eigenvalue weighted by atomic mass is 79.9. The Balaban J connectivity index is 1.43. The molecule has 1 saturated heterocycles. The fourth-order valence-corrected chi connectivity index (χ4v) is 6.93. The summed E-state index contributed by atoms with van der Waals surface area (Å²) in [6, 6.07) is 16.7. The van der Waals surface area contributed by atoms with Gasteiger partial charge < -0.3 is 4.90 Å². The lowest BCUT2D eigenvalue weighted by Crippen LogP contribution is -2.39. The van der Waals surface area contributed by atoms with Crippen molar-refractivity contribution in [3.05, 3.63) is 75.2 Å². The highest BCUT2D eigenvalue weighted by Crippen LogP contribution is 2.30. The van der Waals surface area contributed by atoms with Gasteiger partial charge in [-0.2, -0.15) is 5.26 Å². The Kier molecular flexibility index (Phi) is 6.23. The van der Waals surface area contributed by atoms with E-state index in [1.807, 2.05) is 18.2 Å². The van der Waals surface area contributed by atoms with Crippen molar-refractivity contribution in [1.29, 1.82) is 5.26 Å². The third kappa shape index (κ3) is 4.43. The van der Waals surface area contributed by atoms with Crippen molar-refractivity contribution < 1.29 is 8.42 Å². The van der Waals surface area contributed by atoms with E-state index in [1.165, 1.54) is 11.6 Å². The molecule has 2 heterocycles. The SMILES string of the molecule is N#Cc1ccccc1S(=O)(=O)C1CCN(c2nc(Cc3cccc(Br)c3)cs2)CC1. The number of halogens is 1. The van der Waals surface area contributed by atoms with Crippen LogP contribution >= 0.6 is 27.3 Å². The molecular formula is C22H20BrN3O2S2. The average Bonchev–Trinajstić information content (AvgIpc) is 3.22. The van der Waals surface area contributed by atoms with Gasteiger partial charge in [-0.1, -0.05) is 40.2 Å². The molecular weight excluding hydrogens is 482 g/mol. The van der Waals surface area contributed by atoms with Gasteiger partial charge in [0.1, 0.15) is 6.07 Å². The quantitative estimate of drug-likeness (QED) is 0.501. The smallest absolute Gasteiger partial charge is 0.185 e. The predicted molar refractivity (Wildman–Crippen MR) is 123 cm³/mol. The molecule has 1 aromatic heterocycles. The second-order valence-electron chi connectivity index (χ2n) is 7.27. The molecule has 154 valence electrons. The van der Waals surface area contributed by atoms with Crippen LogP contribution in [-0.2, 0) is 16.3 Å². The molecule has 0 radical (unpaired) electrons. The normalized spacial score (nSPS) is 15.1. The first kappa shape index (κ1) is 21.0. The lowest BCUT2D eigenvalue weighted by Gasteiger charge is -2.31. The zero-order chi connectivity index (χ0) is 21.1. The van der Waals surface area contributed by atoms with Crippen LogP contribution in [0.2, 0.25) is 0 Å². The second-order valence-corrected chi connectivity index (χ2v) is 11.2. The Labute approximate surface area is 189 Å². The number of thiazole rings is 1. The van der Waals surface area contributed by atoms with Crippen LogP contribution in [0.5, 0.6) is 0 Å². The van der Waals surface area contributed by atoms with Gasteiger partial charge in [-0.15, -0.1) is 11.3 Å². The highest BCUT2D eigenvalue weighted by Gasteiger charge is 2.33. The standard InChI is InChI=1S/C22H20BrN3O2S2/c23-18-6-3-4-16(12-18)13-19-15-29-22(25-19)26-10-8-20(9-11-26)30(27,28)21-7-2-1-5-17(21)14-24/h1-7,12,15,20H,8-11,13H2. The molecule has 1 aliphatic rings. The van der Waals surface area contributed by atoms with E-state index < -0.39 is 15.1 Å². The van der Waals surface area contributed by atoms with E-state index >= 15 is 0 Å². The Morgan fingerprint density at radius 3 is 2.67 bits per heavy atom. The van der Waals surface area contributed by atoms with E-state index in [4.69, 9.17) is 4.98 Å². The van der Waals surface area contributed by atoms with Gasteiger partial charge in [-0.3, -0.25) is 0 Å². The number of hydrogen-bond acceptors (Lipinski definition) is 6. The summed E-state index contributed by atoms with van der Waals surface area (Å²) in [5.41, 5.74) is 2.44. The van der Waals surface area contributed by atoms with Crippen molar-refractivity contribution in [2.75, 3.05) is 18.0 Å². The van der Waals surface area contributed by atoms with Crippen molar-refractivity contribution in [1.82, 2.24) is 4.98 Å². The number of piperidine rings is 1. The third-order valence-corrected chi connectivity index (χ3v) is 9.04. The number of nitriles is 1. The minimum atomic E-state index is -3.52. The van der Waals surface area contributed by atoms with Gasteiger partial charge in [0.25, 0.3) is 0 Å². The summed E-state index contributed by atoms with van der Waals surface area (Å²) in [6.07, 6.45) is 1.83. The van der Waals surface area contributed by atoms with Gasteiger partial charge >= 0.3 is 0 Å². The first-order valence-corrected chi connectivity index (χ1v) is 12.9. The van der Waals surface area contributed by atoms with Crippen LogP contribution in [0, 0.1) is 11.3 Å². The molecule has 0 unspecified atom stereocenters. The first-order valence-electron chi connectivity index (χ1n) is 9.64. The fraction of sp³-hybridized carbons (Fsp3) is 0.273. The van der Waals surface area contributed by atoms with Crippen LogP contribution in [0.25, 0.3) is 0 Å². The Bertz CT molecular complexity index is 1190. The van der Waals surface area contributed by atoms with Gasteiger partial charge in [0.15, 0.2) is 15.0 Å². The molecule has 0 saturated carbocycles. The molecule has 3 aromatic rings. The van der Waals surface area contributed by atoms with Crippen molar-refractivity contribution in [3.8, 4) is 6.07 Å². The maximum Gasteiger partial charge on any atom is 0.185 e. The molecule has 0 N–H and O–H groups in total. The Morgan fingerprint density at radius 2 is 1.93 bits per heavy atom. The topological polar surface area (TPSA) is 74.1 Å². The fourth-order valence-electron chi connectivity index (χ4n) is 3.72. The van der Waals surface area contributed by atoms with Crippen molar-refractivity contribution >= 4 is 42.2 Å². The van der Waals surface area contributed by atoms with Crippen LogP contribution in [0.15, 0.2) is 63.3 Å². The number of nitrogens with zero attached hydrogens (tertiary/aromatic N) is 3. The van der Waals surface area contributed by atoms with Crippen LogP contribution < -0.4 is 4.90 Å². The molecule has 4 rings (SSSR count). The largest absolute Gasteiger partial charge is 0.348 e. The molecule has 2 aromatic carbocycles. The number of benzene rings is 2. The van der Waals surface area contributed by atoms with Crippen LogP contribution in [0.4, 0.5) is 5.13 Å². The number of sulfone groups is 1. The molecule has 5 nitrogen and oxygen atoms in total. The monoisotopic (exact) mass is 501 g/mol. The summed E-state index contributed by atoms with van der Waals surface area (Å²) in [6.45, 7) is 1.28. The second kappa shape index (κ2) is 8.88. The summed E-state index contributed by atoms with van der Waals surface area (Å²) in [4.78, 5) is 7.08. The van der Waals surface area contributed by atoms with Crippen molar-refractivity contribution in [2.45, 2.75) is 29.4 Å². The Morgan fingerprint density at radius 1 is 1.17 bits per heavy atom. The van der Waals surface area contributed by atoms with E-state index in [0.29, 0.717) is 25.9 Å². The maximum absolute atomic E-state index is 13.1. The van der Waals surface area contributed by atoms with Gasteiger partial charge in [-0.25, -0.2) is 13.4 Å². The summed E-state index contributed by atoms with van der Waals surface area (Å²) in [7, 11) is -3.52. The molecule has 0 aliphatic carbocycles.